The Bertz CT molecular complexity index is 2840. The molecule has 0 saturated heterocycles. The van der Waals surface area contributed by atoms with Crippen LogP contribution in [0.15, 0.2) is 156 Å². The average molecular weight is 632 g/mol. The van der Waals surface area contributed by atoms with E-state index < -0.39 is 0 Å². The first-order chi connectivity index (χ1) is 23.8. The van der Waals surface area contributed by atoms with E-state index in [4.69, 9.17) is 19.4 Å². The molecule has 0 bridgehead atoms. The van der Waals surface area contributed by atoms with Crippen LogP contribution < -0.4 is 0 Å². The number of fused-ring (bicyclic) bond motifs is 8. The number of furan rings is 1. The highest BCUT2D eigenvalue weighted by atomic mass is 32.1. The molecule has 10 aromatic rings. The molecule has 3 aromatic heterocycles. The minimum Gasteiger partial charge on any atom is -0.455 e. The fraction of sp³-hybridized carbons (Fsp3) is 0. The van der Waals surface area contributed by atoms with Crippen LogP contribution >= 0.6 is 11.3 Å². The number of thiophene rings is 1. The third-order valence-corrected chi connectivity index (χ3v) is 10.4. The van der Waals surface area contributed by atoms with Crippen LogP contribution in [0.1, 0.15) is 0 Å². The number of nitrogens with zero attached hydrogens (tertiary/aromatic N) is 3. The summed E-state index contributed by atoms with van der Waals surface area (Å²) in [7, 11) is 0. The minimum atomic E-state index is 0.628. The summed E-state index contributed by atoms with van der Waals surface area (Å²) in [5.74, 6) is 1.92. The Labute approximate surface area is 279 Å². The second kappa shape index (κ2) is 10.7. The fourth-order valence-corrected chi connectivity index (χ4v) is 8.06. The van der Waals surface area contributed by atoms with Crippen molar-refractivity contribution >= 4 is 64.2 Å². The van der Waals surface area contributed by atoms with E-state index >= 15 is 0 Å². The molecule has 0 atom stereocenters. The van der Waals surface area contributed by atoms with Gasteiger partial charge in [0.1, 0.15) is 11.2 Å². The number of hydrogen-bond acceptors (Lipinski definition) is 5. The molecule has 0 radical (unpaired) electrons. The van der Waals surface area contributed by atoms with E-state index in [1.165, 1.54) is 25.7 Å². The van der Waals surface area contributed by atoms with Crippen LogP contribution in [0, 0.1) is 0 Å². The van der Waals surface area contributed by atoms with Crippen molar-refractivity contribution in [1.29, 1.82) is 0 Å². The van der Waals surface area contributed by atoms with Gasteiger partial charge in [0.05, 0.1) is 0 Å². The maximum atomic E-state index is 6.56. The van der Waals surface area contributed by atoms with E-state index in [1.54, 1.807) is 11.3 Å². The van der Waals surface area contributed by atoms with Gasteiger partial charge in [0.15, 0.2) is 17.5 Å². The summed E-state index contributed by atoms with van der Waals surface area (Å²) in [5.41, 5.74) is 6.91. The first-order valence-electron chi connectivity index (χ1n) is 15.9. The molecule has 0 aliphatic rings. The molecule has 224 valence electrons. The van der Waals surface area contributed by atoms with E-state index in [2.05, 4.69) is 127 Å². The monoisotopic (exact) mass is 631 g/mol. The maximum absolute atomic E-state index is 6.56. The SMILES string of the molecule is c1ccc(-c2ccc3oc4c5ccccc5c(-c5nc(-c6ccccc6)nc(-c6cccc7c6sc6ccccc67)n5)cc4c3c2)cc1. The molecule has 10 rings (SSSR count). The lowest BCUT2D eigenvalue weighted by molar-refractivity contribution is 0.673. The highest BCUT2D eigenvalue weighted by molar-refractivity contribution is 7.26. The van der Waals surface area contributed by atoms with E-state index in [0.717, 1.165) is 55.0 Å². The van der Waals surface area contributed by atoms with Gasteiger partial charge in [0.25, 0.3) is 0 Å². The van der Waals surface area contributed by atoms with Crippen molar-refractivity contribution in [3.05, 3.63) is 152 Å². The van der Waals surface area contributed by atoms with Gasteiger partial charge >= 0.3 is 0 Å². The van der Waals surface area contributed by atoms with Gasteiger partial charge in [0.2, 0.25) is 0 Å². The third-order valence-electron chi connectivity index (χ3n) is 9.14. The average Bonchev–Trinajstić information content (AvgIpc) is 3.73. The Morgan fingerprint density at radius 3 is 1.85 bits per heavy atom. The summed E-state index contributed by atoms with van der Waals surface area (Å²) >= 11 is 1.78. The van der Waals surface area contributed by atoms with E-state index in [1.807, 2.05) is 24.3 Å². The normalized spacial score (nSPS) is 11.8. The van der Waals surface area contributed by atoms with E-state index in [9.17, 15) is 0 Å². The Morgan fingerprint density at radius 2 is 1.04 bits per heavy atom. The summed E-state index contributed by atoms with van der Waals surface area (Å²) in [6, 6.07) is 52.6. The third kappa shape index (κ3) is 4.25. The summed E-state index contributed by atoms with van der Waals surface area (Å²) in [6.07, 6.45) is 0. The van der Waals surface area contributed by atoms with Gasteiger partial charge in [-0.15, -0.1) is 11.3 Å². The van der Waals surface area contributed by atoms with Crippen molar-refractivity contribution < 1.29 is 4.42 Å². The van der Waals surface area contributed by atoms with Gasteiger partial charge in [-0.3, -0.25) is 0 Å². The summed E-state index contributed by atoms with van der Waals surface area (Å²) in [5, 5.41) is 6.61. The zero-order valence-electron chi connectivity index (χ0n) is 25.6. The van der Waals surface area contributed by atoms with Gasteiger partial charge in [-0.2, -0.15) is 0 Å². The summed E-state index contributed by atoms with van der Waals surface area (Å²) in [4.78, 5) is 15.5. The van der Waals surface area contributed by atoms with Gasteiger partial charge < -0.3 is 4.42 Å². The molecular weight excluding hydrogens is 607 g/mol. The van der Waals surface area contributed by atoms with Crippen molar-refractivity contribution in [2.75, 3.05) is 0 Å². The molecule has 0 spiro atoms. The predicted molar refractivity (Wildman–Crippen MR) is 199 cm³/mol. The Balaban J connectivity index is 1.26. The van der Waals surface area contributed by atoms with Crippen molar-refractivity contribution in [3.63, 3.8) is 0 Å². The second-order valence-corrected chi connectivity index (χ2v) is 13.0. The topological polar surface area (TPSA) is 51.8 Å². The Morgan fingerprint density at radius 1 is 0.396 bits per heavy atom. The lowest BCUT2D eigenvalue weighted by Gasteiger charge is -2.11. The standard InChI is InChI=1S/C43H25N3OS/c1-3-12-26(13-4-1)28-22-23-37-34(24-28)35-25-36(29-16-7-8-18-31(29)39(35)47-37)43-45-41(27-14-5-2-6-15-27)44-42(46-43)33-20-11-19-32-30-17-9-10-21-38(30)48-40(32)33/h1-25H. The van der Waals surface area contributed by atoms with Gasteiger partial charge in [-0.05, 0) is 46.8 Å². The molecule has 0 fully saturated rings. The molecule has 0 saturated carbocycles. The zero-order valence-corrected chi connectivity index (χ0v) is 26.4. The van der Waals surface area contributed by atoms with Crippen molar-refractivity contribution in [2.45, 2.75) is 0 Å². The van der Waals surface area contributed by atoms with Crippen LogP contribution in [0.4, 0.5) is 0 Å². The van der Waals surface area contributed by atoms with Crippen LogP contribution in [0.3, 0.4) is 0 Å². The number of aromatic nitrogens is 3. The molecule has 0 aliphatic heterocycles. The number of rotatable bonds is 4. The quantitative estimate of drug-likeness (QED) is 0.194. The van der Waals surface area contributed by atoms with Gasteiger partial charge in [-0.25, -0.2) is 15.0 Å². The van der Waals surface area contributed by atoms with Crippen molar-refractivity contribution in [2.24, 2.45) is 0 Å². The van der Waals surface area contributed by atoms with Gasteiger partial charge in [0, 0.05) is 53.0 Å². The van der Waals surface area contributed by atoms with Crippen molar-refractivity contribution in [1.82, 2.24) is 15.0 Å². The van der Waals surface area contributed by atoms with Gasteiger partial charge in [-0.1, -0.05) is 121 Å². The molecule has 0 amide bonds. The summed E-state index contributed by atoms with van der Waals surface area (Å²) < 4.78 is 8.98. The van der Waals surface area contributed by atoms with E-state index in [0.29, 0.717) is 17.5 Å². The molecule has 48 heavy (non-hydrogen) atoms. The first-order valence-corrected chi connectivity index (χ1v) is 16.8. The minimum absolute atomic E-state index is 0.628. The largest absolute Gasteiger partial charge is 0.455 e. The lowest BCUT2D eigenvalue weighted by atomic mass is 9.98. The van der Waals surface area contributed by atoms with Crippen LogP contribution in [0.2, 0.25) is 0 Å². The second-order valence-electron chi connectivity index (χ2n) is 12.0. The highest BCUT2D eigenvalue weighted by Crippen LogP contribution is 2.42. The van der Waals surface area contributed by atoms with Crippen molar-refractivity contribution in [3.8, 4) is 45.3 Å². The fourth-order valence-electron chi connectivity index (χ4n) is 6.85. The Hall–Kier alpha value is -6.17. The van der Waals surface area contributed by atoms with E-state index in [-0.39, 0.29) is 0 Å². The van der Waals surface area contributed by atoms with Crippen LogP contribution in [0.25, 0.3) is 98.2 Å². The molecule has 5 heteroatoms. The molecule has 3 heterocycles. The maximum Gasteiger partial charge on any atom is 0.165 e. The zero-order chi connectivity index (χ0) is 31.6. The first kappa shape index (κ1) is 27.0. The summed E-state index contributed by atoms with van der Waals surface area (Å²) in [6.45, 7) is 0. The molecule has 4 nitrogen and oxygen atoms in total. The lowest BCUT2D eigenvalue weighted by Crippen LogP contribution is -2.00. The van der Waals surface area contributed by atoms with Crippen LogP contribution in [-0.4, -0.2) is 15.0 Å². The molecule has 0 aliphatic carbocycles. The van der Waals surface area contributed by atoms with Crippen LogP contribution in [0.5, 0.6) is 0 Å². The molecule has 0 unspecified atom stereocenters. The molecule has 0 N–H and O–H groups in total. The smallest absolute Gasteiger partial charge is 0.165 e. The number of hydrogen-bond donors (Lipinski definition) is 0. The molecule has 7 aromatic carbocycles. The Kier molecular flexibility index (Phi) is 6.01. The number of benzene rings is 7. The van der Waals surface area contributed by atoms with Crippen LogP contribution in [-0.2, 0) is 0 Å². The molecular formula is C43H25N3OS. The predicted octanol–water partition coefficient (Wildman–Crippen LogP) is 12.0. The highest BCUT2D eigenvalue weighted by Gasteiger charge is 2.20.